The molecular formula is C27H28F3N5O2. The number of carbonyl (C=O) groups excluding carboxylic acids is 1. The Labute approximate surface area is 213 Å². The minimum Gasteiger partial charge on any atom is -0.481 e. The number of piperazine rings is 1. The number of rotatable bonds is 7. The number of benzene rings is 2. The van der Waals surface area contributed by atoms with Gasteiger partial charge in [-0.3, -0.25) is 15.1 Å². The molecule has 4 rings (SSSR count). The third kappa shape index (κ3) is 6.26. The Morgan fingerprint density at radius 1 is 1.03 bits per heavy atom. The first-order chi connectivity index (χ1) is 17.7. The van der Waals surface area contributed by atoms with Crippen LogP contribution in [-0.4, -0.2) is 79.5 Å². The lowest BCUT2D eigenvalue weighted by atomic mass is 9.95. The summed E-state index contributed by atoms with van der Waals surface area (Å²) in [7, 11) is 3.33. The van der Waals surface area contributed by atoms with Gasteiger partial charge in [0.2, 0.25) is 5.88 Å². The van der Waals surface area contributed by atoms with Gasteiger partial charge in [-0.05, 0) is 35.9 Å². The molecule has 1 aliphatic heterocycles. The molecular weight excluding hydrogens is 483 g/mol. The highest BCUT2D eigenvalue weighted by Crippen LogP contribution is 2.28. The summed E-state index contributed by atoms with van der Waals surface area (Å²) in [6, 6.07) is 16.2. The largest absolute Gasteiger partial charge is 0.481 e. The molecule has 194 valence electrons. The molecule has 0 atom stereocenters. The minimum absolute atomic E-state index is 0.166. The zero-order valence-electron chi connectivity index (χ0n) is 20.6. The summed E-state index contributed by atoms with van der Waals surface area (Å²) in [5, 5.41) is 12.0. The van der Waals surface area contributed by atoms with Gasteiger partial charge in [-0.2, -0.15) is 13.2 Å². The zero-order valence-corrected chi connectivity index (χ0v) is 20.6. The Balaban J connectivity index is 1.53. The maximum atomic E-state index is 13.1. The maximum absolute atomic E-state index is 13.1. The van der Waals surface area contributed by atoms with Gasteiger partial charge in [0.1, 0.15) is 0 Å². The molecule has 3 aromatic rings. The Bertz CT molecular complexity index is 1270. The van der Waals surface area contributed by atoms with Crippen LogP contribution in [0.15, 0.2) is 60.8 Å². The number of amides is 1. The van der Waals surface area contributed by atoms with E-state index in [0.717, 1.165) is 16.8 Å². The van der Waals surface area contributed by atoms with Crippen LogP contribution < -0.4 is 10.1 Å². The second kappa shape index (κ2) is 11.0. The van der Waals surface area contributed by atoms with Crippen molar-refractivity contribution in [3.63, 3.8) is 0 Å². The van der Waals surface area contributed by atoms with Gasteiger partial charge in [-0.1, -0.05) is 18.2 Å². The lowest BCUT2D eigenvalue weighted by molar-refractivity contribution is -0.148. The average Bonchev–Trinajstić information content (AvgIpc) is 2.91. The van der Waals surface area contributed by atoms with Crippen molar-refractivity contribution in [2.75, 3.05) is 52.2 Å². The van der Waals surface area contributed by atoms with E-state index in [0.29, 0.717) is 22.6 Å². The van der Waals surface area contributed by atoms with Crippen LogP contribution in [0.2, 0.25) is 0 Å². The van der Waals surface area contributed by atoms with Gasteiger partial charge in [0.05, 0.1) is 19.4 Å². The fourth-order valence-electron chi connectivity index (χ4n) is 4.33. The van der Waals surface area contributed by atoms with Crippen molar-refractivity contribution in [3.05, 3.63) is 77.5 Å². The highest BCUT2D eigenvalue weighted by molar-refractivity contribution is 6.15. The normalized spacial score (nSPS) is 14.4. The molecule has 1 amide bonds. The number of nitrogens with zero attached hydrogens (tertiary/aromatic N) is 3. The average molecular weight is 512 g/mol. The zero-order chi connectivity index (χ0) is 26.6. The van der Waals surface area contributed by atoms with E-state index in [1.165, 1.54) is 4.90 Å². The fourth-order valence-corrected chi connectivity index (χ4v) is 4.33. The summed E-state index contributed by atoms with van der Waals surface area (Å²) in [5.41, 5.74) is 4.34. The lowest BCUT2D eigenvalue weighted by Crippen LogP contribution is -2.50. The van der Waals surface area contributed by atoms with Crippen molar-refractivity contribution < 1.29 is 22.7 Å². The molecule has 0 saturated carbocycles. The topological polar surface area (TPSA) is 81.5 Å². The van der Waals surface area contributed by atoms with Crippen molar-refractivity contribution in [2.24, 2.45) is 0 Å². The van der Waals surface area contributed by atoms with E-state index < -0.39 is 12.7 Å². The van der Waals surface area contributed by atoms with Gasteiger partial charge in [0.25, 0.3) is 5.91 Å². The molecule has 1 saturated heterocycles. The Morgan fingerprint density at radius 3 is 2.35 bits per heavy atom. The highest BCUT2D eigenvalue weighted by Gasteiger charge is 2.33. The molecule has 0 bridgehead atoms. The predicted octanol–water partition coefficient (Wildman–Crippen LogP) is 4.54. The van der Waals surface area contributed by atoms with Gasteiger partial charge in [-0.25, -0.2) is 4.98 Å². The predicted molar refractivity (Wildman–Crippen MR) is 137 cm³/mol. The van der Waals surface area contributed by atoms with E-state index in [9.17, 15) is 18.0 Å². The lowest BCUT2D eigenvalue weighted by Gasteiger charge is -2.35. The fraction of sp³-hybridized carbons (Fsp3) is 0.296. The second-order valence-electron chi connectivity index (χ2n) is 8.74. The van der Waals surface area contributed by atoms with Crippen LogP contribution in [0.1, 0.15) is 21.5 Å². The summed E-state index contributed by atoms with van der Waals surface area (Å²) in [6.45, 7) is -0.198. The Kier molecular flexibility index (Phi) is 7.77. The summed E-state index contributed by atoms with van der Waals surface area (Å²) in [5.74, 6) is 0.250. The number of hydrogen-bond acceptors (Lipinski definition) is 6. The van der Waals surface area contributed by atoms with Crippen molar-refractivity contribution in [1.82, 2.24) is 14.8 Å². The van der Waals surface area contributed by atoms with Gasteiger partial charge < -0.3 is 15.0 Å². The third-order valence-corrected chi connectivity index (χ3v) is 6.30. The smallest absolute Gasteiger partial charge is 0.401 e. The monoisotopic (exact) mass is 511 g/mol. The molecule has 1 aliphatic rings. The standard InChI is InChI=1S/C27H28F3N5O2/c1-32-23-8-6-18(21-7-9-24(37-2)33-16-21)15-22(23)25(31)19-4-3-5-20(14-19)26(36)35-12-10-34(11-13-35)17-27(28,29)30/h3-9,14-16,31-32H,10-13,17H2,1-2H3. The van der Waals surface area contributed by atoms with Crippen LogP contribution in [-0.2, 0) is 0 Å². The molecule has 0 spiro atoms. The highest BCUT2D eigenvalue weighted by atomic mass is 19.4. The summed E-state index contributed by atoms with van der Waals surface area (Å²) in [4.78, 5) is 20.2. The van der Waals surface area contributed by atoms with Gasteiger partial charge in [0.15, 0.2) is 0 Å². The molecule has 0 aliphatic carbocycles. The van der Waals surface area contributed by atoms with Crippen LogP contribution in [0, 0.1) is 5.41 Å². The van der Waals surface area contributed by atoms with Crippen LogP contribution >= 0.6 is 0 Å². The van der Waals surface area contributed by atoms with Gasteiger partial charge >= 0.3 is 6.18 Å². The summed E-state index contributed by atoms with van der Waals surface area (Å²) >= 11 is 0. The SMILES string of the molecule is CNc1ccc(-c2ccc(OC)nc2)cc1C(=N)c1cccc(C(=O)N2CCN(CC(F)(F)F)CC2)c1. The molecule has 2 heterocycles. The van der Waals surface area contributed by atoms with Crippen LogP contribution in [0.5, 0.6) is 5.88 Å². The van der Waals surface area contributed by atoms with Crippen molar-refractivity contribution in [1.29, 1.82) is 5.41 Å². The number of pyridine rings is 1. The van der Waals surface area contributed by atoms with Crippen LogP contribution in [0.3, 0.4) is 0 Å². The van der Waals surface area contributed by atoms with Crippen LogP contribution in [0.4, 0.5) is 18.9 Å². The number of carbonyl (C=O) groups is 1. The molecule has 2 aromatic carbocycles. The maximum Gasteiger partial charge on any atom is 0.401 e. The van der Waals surface area contributed by atoms with Crippen molar-refractivity contribution in [2.45, 2.75) is 6.18 Å². The van der Waals surface area contributed by atoms with E-state index in [-0.39, 0.29) is 37.8 Å². The third-order valence-electron chi connectivity index (χ3n) is 6.30. The number of halogens is 3. The first-order valence-corrected chi connectivity index (χ1v) is 11.8. The van der Waals surface area contributed by atoms with E-state index in [4.69, 9.17) is 10.1 Å². The quantitative estimate of drug-likeness (QED) is 0.456. The van der Waals surface area contributed by atoms with Crippen LogP contribution in [0.25, 0.3) is 11.1 Å². The molecule has 7 nitrogen and oxygen atoms in total. The van der Waals surface area contributed by atoms with E-state index in [1.807, 2.05) is 24.3 Å². The van der Waals surface area contributed by atoms with E-state index in [2.05, 4.69) is 10.3 Å². The molecule has 0 radical (unpaired) electrons. The molecule has 10 heteroatoms. The number of alkyl halides is 3. The number of nitrogens with one attached hydrogen (secondary N) is 2. The van der Waals surface area contributed by atoms with Crippen molar-refractivity contribution in [3.8, 4) is 17.0 Å². The molecule has 37 heavy (non-hydrogen) atoms. The second-order valence-corrected chi connectivity index (χ2v) is 8.74. The molecule has 1 fully saturated rings. The number of aromatic nitrogens is 1. The van der Waals surface area contributed by atoms with E-state index >= 15 is 0 Å². The number of methoxy groups -OCH3 is 1. The number of hydrogen-bond donors (Lipinski definition) is 2. The number of ether oxygens (including phenoxy) is 1. The molecule has 0 unspecified atom stereocenters. The first-order valence-electron chi connectivity index (χ1n) is 11.8. The Morgan fingerprint density at radius 2 is 1.73 bits per heavy atom. The van der Waals surface area contributed by atoms with E-state index in [1.54, 1.807) is 55.6 Å². The summed E-state index contributed by atoms with van der Waals surface area (Å²) < 4.78 is 43.1. The summed E-state index contributed by atoms with van der Waals surface area (Å²) in [6.07, 6.45) is -2.55. The minimum atomic E-state index is -4.26. The van der Waals surface area contributed by atoms with Gasteiger partial charge in [-0.15, -0.1) is 0 Å². The Hall–Kier alpha value is -3.92. The first kappa shape index (κ1) is 26.2. The van der Waals surface area contributed by atoms with Gasteiger partial charge in [0, 0.05) is 73.4 Å². The molecule has 1 aromatic heterocycles. The van der Waals surface area contributed by atoms with Crippen molar-refractivity contribution >= 4 is 17.3 Å². The molecule has 2 N–H and O–H groups in total. The number of anilines is 1.